The zero-order valence-electron chi connectivity index (χ0n) is 5.78. The number of carbonyl (C=O) groups excluding carboxylic acids is 1. The Morgan fingerprint density at radius 3 is 1.90 bits per heavy atom. The van der Waals surface area contributed by atoms with Gasteiger partial charge >= 0.3 is 51.4 Å². The van der Waals surface area contributed by atoms with Crippen LogP contribution < -0.4 is 56.5 Å². The van der Waals surface area contributed by atoms with E-state index in [1.807, 2.05) is 0 Å². The van der Waals surface area contributed by atoms with Crippen molar-refractivity contribution >= 4 is 29.2 Å². The first kappa shape index (κ1) is 11.7. The van der Waals surface area contributed by atoms with E-state index < -0.39 is 15.7 Å². The number of carboxylic acid groups (broad SMARTS) is 1. The fourth-order valence-corrected chi connectivity index (χ4v) is 1.31. The van der Waals surface area contributed by atoms with E-state index in [1.165, 1.54) is 6.92 Å². The Bertz CT molecular complexity index is 171. The van der Waals surface area contributed by atoms with Crippen LogP contribution in [-0.2, 0) is 4.79 Å². The number of hydrogen-bond acceptors (Lipinski definition) is 2. The van der Waals surface area contributed by atoms with Crippen LogP contribution in [0, 0.1) is 5.41 Å². The third kappa shape index (κ3) is 1.71. The molecule has 0 aliphatic heterocycles. The van der Waals surface area contributed by atoms with Gasteiger partial charge in [0.15, 0.2) is 0 Å². The van der Waals surface area contributed by atoms with Crippen LogP contribution in [0.5, 0.6) is 0 Å². The first-order valence-corrected chi connectivity index (χ1v) is 3.25. The van der Waals surface area contributed by atoms with Crippen LogP contribution in [0.15, 0.2) is 0 Å². The summed E-state index contributed by atoms with van der Waals surface area (Å²) in [6.07, 6.45) is 0.283. The third-order valence-corrected chi connectivity index (χ3v) is 2.81. The minimum absolute atomic E-state index is 0. The Kier molecular flexibility index (Phi) is 3.75. The van der Waals surface area contributed by atoms with Crippen molar-refractivity contribution in [3.05, 3.63) is 0 Å². The number of aliphatic carboxylic acids is 1. The van der Waals surface area contributed by atoms with Gasteiger partial charge in [-0.25, -0.2) is 0 Å². The van der Waals surface area contributed by atoms with E-state index >= 15 is 0 Å². The Labute approximate surface area is 112 Å². The molecule has 1 fully saturated rings. The Hall–Kier alpha value is 1.69. The Morgan fingerprint density at radius 2 is 1.90 bits per heavy atom. The molecular weight excluding hydrogens is 202 g/mol. The van der Waals surface area contributed by atoms with E-state index in [-0.39, 0.29) is 57.8 Å². The summed E-state index contributed by atoms with van der Waals surface area (Å²) in [5, 5.41) is 10.2. The first-order chi connectivity index (χ1) is 3.90. The summed E-state index contributed by atoms with van der Waals surface area (Å²) in [6, 6.07) is 0. The van der Waals surface area contributed by atoms with Gasteiger partial charge in [0, 0.05) is 5.41 Å². The number of hydrogen-bond donors (Lipinski definition) is 0. The molecule has 1 atom stereocenters. The minimum Gasteiger partial charge on any atom is -0.549 e. The summed E-state index contributed by atoms with van der Waals surface area (Å²) >= 11 is 11.0. The molecular formula is C5H5Cl2KO2. The van der Waals surface area contributed by atoms with Crippen LogP contribution in [0.2, 0.25) is 0 Å². The summed E-state index contributed by atoms with van der Waals surface area (Å²) in [5.74, 6) is -1.17. The molecule has 0 N–H and O–H groups in total. The molecule has 1 saturated carbocycles. The molecule has 1 rings (SSSR count). The van der Waals surface area contributed by atoms with Gasteiger partial charge in [-0.3, -0.25) is 0 Å². The van der Waals surface area contributed by atoms with E-state index in [0.717, 1.165) is 0 Å². The average Bonchev–Trinajstić information content (AvgIpc) is 2.08. The van der Waals surface area contributed by atoms with Gasteiger partial charge in [0.05, 0.1) is 5.97 Å². The van der Waals surface area contributed by atoms with E-state index in [4.69, 9.17) is 23.2 Å². The molecule has 1 aliphatic rings. The molecule has 1 unspecified atom stereocenters. The molecule has 2 nitrogen and oxygen atoms in total. The molecule has 0 bridgehead atoms. The van der Waals surface area contributed by atoms with Crippen molar-refractivity contribution in [2.24, 2.45) is 5.41 Å². The van der Waals surface area contributed by atoms with Crippen molar-refractivity contribution in [1.82, 2.24) is 0 Å². The quantitative estimate of drug-likeness (QED) is 0.347. The molecule has 1 aliphatic carbocycles. The maximum atomic E-state index is 10.2. The van der Waals surface area contributed by atoms with Crippen LogP contribution in [-0.4, -0.2) is 10.3 Å². The van der Waals surface area contributed by atoms with Crippen LogP contribution in [0.1, 0.15) is 13.3 Å². The molecule has 10 heavy (non-hydrogen) atoms. The van der Waals surface area contributed by atoms with Gasteiger partial charge in [0.1, 0.15) is 4.33 Å². The SMILES string of the molecule is CC1(C(=O)[O-])CC1(Cl)Cl.[K+]. The van der Waals surface area contributed by atoms with Crippen molar-refractivity contribution < 1.29 is 61.3 Å². The molecule has 0 aromatic heterocycles. The van der Waals surface area contributed by atoms with Crippen molar-refractivity contribution in [2.75, 3.05) is 0 Å². The zero-order chi connectivity index (χ0) is 7.28. The van der Waals surface area contributed by atoms with Gasteiger partial charge < -0.3 is 9.90 Å². The Morgan fingerprint density at radius 1 is 1.60 bits per heavy atom. The molecule has 0 radical (unpaired) electrons. The second-order valence-electron chi connectivity index (χ2n) is 2.50. The van der Waals surface area contributed by atoms with E-state index in [9.17, 15) is 9.90 Å². The molecule has 5 heteroatoms. The summed E-state index contributed by atoms with van der Waals surface area (Å²) in [7, 11) is 0. The molecule has 0 aromatic carbocycles. The molecule has 0 saturated heterocycles. The monoisotopic (exact) mass is 206 g/mol. The van der Waals surface area contributed by atoms with E-state index in [2.05, 4.69) is 0 Å². The zero-order valence-corrected chi connectivity index (χ0v) is 10.4. The van der Waals surface area contributed by atoms with Gasteiger partial charge in [0.25, 0.3) is 0 Å². The number of carboxylic acids is 1. The summed E-state index contributed by atoms with van der Waals surface area (Å²) in [4.78, 5) is 10.2. The van der Waals surface area contributed by atoms with Crippen molar-refractivity contribution in [3.63, 3.8) is 0 Å². The molecule has 0 spiro atoms. The average molecular weight is 207 g/mol. The van der Waals surface area contributed by atoms with Gasteiger partial charge in [-0.05, 0) is 6.42 Å². The number of halogens is 2. The largest absolute Gasteiger partial charge is 1.00 e. The summed E-state index contributed by atoms with van der Waals surface area (Å²) in [6.45, 7) is 1.47. The molecule has 0 amide bonds. The van der Waals surface area contributed by atoms with Gasteiger partial charge in [-0.15, -0.1) is 23.2 Å². The number of rotatable bonds is 1. The number of carbonyl (C=O) groups is 1. The van der Waals surface area contributed by atoms with Crippen molar-refractivity contribution in [3.8, 4) is 0 Å². The topological polar surface area (TPSA) is 40.1 Å². The van der Waals surface area contributed by atoms with Crippen LogP contribution in [0.3, 0.4) is 0 Å². The minimum atomic E-state index is -1.17. The van der Waals surface area contributed by atoms with Crippen LogP contribution in [0.4, 0.5) is 0 Å². The summed E-state index contributed by atoms with van der Waals surface area (Å²) in [5.41, 5.74) is -1.02. The first-order valence-electron chi connectivity index (χ1n) is 2.49. The van der Waals surface area contributed by atoms with Crippen LogP contribution in [0.25, 0.3) is 0 Å². The molecule has 52 valence electrons. The van der Waals surface area contributed by atoms with E-state index in [0.29, 0.717) is 0 Å². The van der Waals surface area contributed by atoms with Crippen molar-refractivity contribution in [2.45, 2.75) is 17.7 Å². The fourth-order valence-electron chi connectivity index (χ4n) is 0.621. The van der Waals surface area contributed by atoms with Gasteiger partial charge in [-0.1, -0.05) is 6.92 Å². The standard InChI is InChI=1S/C5H6Cl2O2.K/c1-4(3(8)9)2-5(4,6)7;/h2H2,1H3,(H,8,9);/q;+1/p-1. The van der Waals surface area contributed by atoms with Gasteiger partial charge in [0.2, 0.25) is 0 Å². The van der Waals surface area contributed by atoms with Crippen molar-refractivity contribution in [1.29, 1.82) is 0 Å². The van der Waals surface area contributed by atoms with E-state index in [1.54, 1.807) is 0 Å². The molecule has 0 aromatic rings. The Balaban J connectivity index is 0.000000810. The van der Waals surface area contributed by atoms with Gasteiger partial charge in [-0.2, -0.15) is 0 Å². The number of alkyl halides is 2. The maximum absolute atomic E-state index is 10.2. The maximum Gasteiger partial charge on any atom is 1.00 e. The molecule has 0 heterocycles. The normalized spacial score (nSPS) is 34.3. The third-order valence-electron chi connectivity index (χ3n) is 1.71. The fraction of sp³-hybridized carbons (Fsp3) is 0.800. The predicted molar refractivity (Wildman–Crippen MR) is 32.2 cm³/mol. The second-order valence-corrected chi connectivity index (χ2v) is 3.98. The van der Waals surface area contributed by atoms with Crippen LogP contribution >= 0.6 is 23.2 Å². The summed E-state index contributed by atoms with van der Waals surface area (Å²) < 4.78 is -1.09. The predicted octanol–water partition coefficient (Wildman–Crippen LogP) is -2.68. The smallest absolute Gasteiger partial charge is 0.549 e. The second kappa shape index (κ2) is 3.21.